The third-order valence-corrected chi connectivity index (χ3v) is 1.65. The smallest absolute Gasteiger partial charge is 0.189 e. The molecule has 76 valence electrons. The molecule has 0 aromatic carbocycles. The maximum Gasteiger partial charge on any atom is 0.189 e. The van der Waals surface area contributed by atoms with Crippen LogP contribution < -0.4 is 11.2 Å². The Morgan fingerprint density at radius 3 is 2.93 bits per heavy atom. The first-order valence-electron chi connectivity index (χ1n) is 3.92. The van der Waals surface area contributed by atoms with Crippen LogP contribution in [0.25, 0.3) is 0 Å². The summed E-state index contributed by atoms with van der Waals surface area (Å²) in [6.45, 7) is 1.81. The maximum absolute atomic E-state index is 8.47. The van der Waals surface area contributed by atoms with Gasteiger partial charge in [-0.05, 0) is 18.6 Å². The first-order valence-corrected chi connectivity index (χ1v) is 3.92. The van der Waals surface area contributed by atoms with E-state index in [-0.39, 0.29) is 5.84 Å². The van der Waals surface area contributed by atoms with Gasteiger partial charge in [-0.2, -0.15) is 0 Å². The molecule has 0 spiro atoms. The van der Waals surface area contributed by atoms with Gasteiger partial charge in [-0.15, -0.1) is 0 Å². The van der Waals surface area contributed by atoms with E-state index in [1.54, 1.807) is 13.0 Å². The summed E-state index contributed by atoms with van der Waals surface area (Å²) in [6.07, 6.45) is 1.53. The van der Waals surface area contributed by atoms with Gasteiger partial charge >= 0.3 is 0 Å². The van der Waals surface area contributed by atoms with Gasteiger partial charge in [-0.25, -0.2) is 0 Å². The molecule has 0 fully saturated rings. The quantitative estimate of drug-likeness (QED) is 0.282. The fourth-order valence-corrected chi connectivity index (χ4v) is 1.06. The van der Waals surface area contributed by atoms with Crippen LogP contribution >= 0.6 is 0 Å². The molecule has 0 radical (unpaired) electrons. The summed E-state index contributed by atoms with van der Waals surface area (Å²) in [6, 6.07) is 1.78. The zero-order valence-electron chi connectivity index (χ0n) is 7.98. The lowest BCUT2D eigenvalue weighted by molar-refractivity contribution is 0.271. The zero-order valence-corrected chi connectivity index (χ0v) is 7.98. The van der Waals surface area contributed by atoms with Crippen LogP contribution in [0.5, 0.6) is 0 Å². The lowest BCUT2D eigenvalue weighted by Crippen LogP contribution is -2.16. The third kappa shape index (κ3) is 2.11. The molecule has 6 nitrogen and oxygen atoms in total. The van der Waals surface area contributed by atoms with Crippen molar-refractivity contribution >= 4 is 11.5 Å². The lowest BCUT2D eigenvalue weighted by atomic mass is 10.2. The topological polar surface area (TPSA) is 92.8 Å². The number of amidine groups is 1. The molecule has 0 aliphatic rings. The first kappa shape index (κ1) is 10.3. The number of nitrogens with two attached hydrogens (primary N) is 1. The predicted octanol–water partition coefficient (Wildman–Crippen LogP) is 0.458. The number of nitrogens with one attached hydrogen (secondary N) is 1. The van der Waals surface area contributed by atoms with E-state index in [1.165, 1.54) is 13.3 Å². The number of hydrogen-bond donors (Lipinski definition) is 3. The van der Waals surface area contributed by atoms with Crippen molar-refractivity contribution in [2.45, 2.75) is 6.92 Å². The molecule has 0 saturated carbocycles. The molecule has 1 rings (SSSR count). The summed E-state index contributed by atoms with van der Waals surface area (Å²) in [5.74, 6) is -0.00790. The summed E-state index contributed by atoms with van der Waals surface area (Å²) in [5, 5.41) is 11.3. The van der Waals surface area contributed by atoms with Gasteiger partial charge in [0.15, 0.2) is 5.84 Å². The van der Waals surface area contributed by atoms with Crippen LogP contribution in [0, 0.1) is 6.92 Å². The Kier molecular flexibility index (Phi) is 3.24. The standard InChI is InChI=1S/C8H12N4O2/c1-5-3-6(12-14-2)4-10-7(5)8(9)11-13/h3-4,12-13H,1-2H3,(H2,9,11). The van der Waals surface area contributed by atoms with Crippen molar-refractivity contribution in [3.63, 3.8) is 0 Å². The Bertz CT molecular complexity index is 351. The minimum atomic E-state index is -0.00790. The molecule has 6 heteroatoms. The normalized spacial score (nSPS) is 11.4. The number of aryl methyl sites for hydroxylation is 1. The minimum absolute atomic E-state index is 0.00790. The van der Waals surface area contributed by atoms with Crippen LogP contribution in [0.1, 0.15) is 11.3 Å². The van der Waals surface area contributed by atoms with Gasteiger partial charge in [0.05, 0.1) is 19.0 Å². The Morgan fingerprint density at radius 1 is 1.71 bits per heavy atom. The van der Waals surface area contributed by atoms with E-state index in [9.17, 15) is 0 Å². The molecule has 0 amide bonds. The summed E-state index contributed by atoms with van der Waals surface area (Å²) < 4.78 is 0. The Balaban J connectivity index is 3.01. The second-order valence-corrected chi connectivity index (χ2v) is 2.68. The van der Waals surface area contributed by atoms with E-state index in [2.05, 4.69) is 15.6 Å². The number of aromatic nitrogens is 1. The van der Waals surface area contributed by atoms with Crippen LogP contribution in [0.4, 0.5) is 5.69 Å². The minimum Gasteiger partial charge on any atom is -0.409 e. The van der Waals surface area contributed by atoms with E-state index >= 15 is 0 Å². The first-order chi connectivity index (χ1) is 6.69. The van der Waals surface area contributed by atoms with Crippen LogP contribution in [0.2, 0.25) is 0 Å². The average Bonchev–Trinajstić information content (AvgIpc) is 2.17. The average molecular weight is 196 g/mol. The highest BCUT2D eigenvalue weighted by molar-refractivity contribution is 5.96. The van der Waals surface area contributed by atoms with Gasteiger partial charge in [0.25, 0.3) is 0 Å². The van der Waals surface area contributed by atoms with E-state index in [0.29, 0.717) is 11.4 Å². The molecule has 0 aliphatic carbocycles. The van der Waals surface area contributed by atoms with E-state index in [0.717, 1.165) is 5.56 Å². The number of hydrogen-bond acceptors (Lipinski definition) is 5. The van der Waals surface area contributed by atoms with Crippen molar-refractivity contribution in [1.82, 2.24) is 4.98 Å². The maximum atomic E-state index is 8.47. The number of rotatable bonds is 3. The van der Waals surface area contributed by atoms with Gasteiger partial charge in [0, 0.05) is 0 Å². The van der Waals surface area contributed by atoms with Crippen LogP contribution in [0.3, 0.4) is 0 Å². The number of oxime groups is 1. The third-order valence-electron chi connectivity index (χ3n) is 1.65. The van der Waals surface area contributed by atoms with Crippen LogP contribution in [-0.4, -0.2) is 23.1 Å². The Morgan fingerprint density at radius 2 is 2.43 bits per heavy atom. The SMILES string of the molecule is CONc1cnc(/C(N)=N/O)c(C)c1. The predicted molar refractivity (Wildman–Crippen MR) is 52.1 cm³/mol. The summed E-state index contributed by atoms with van der Waals surface area (Å²) in [4.78, 5) is 8.72. The second-order valence-electron chi connectivity index (χ2n) is 2.68. The molecule has 1 aromatic heterocycles. The Labute approximate surface area is 81.3 Å². The molecule has 0 saturated heterocycles. The van der Waals surface area contributed by atoms with Crippen molar-refractivity contribution in [1.29, 1.82) is 0 Å². The second kappa shape index (κ2) is 4.43. The number of anilines is 1. The number of pyridine rings is 1. The fraction of sp³-hybridized carbons (Fsp3) is 0.250. The van der Waals surface area contributed by atoms with Gasteiger partial charge in [-0.3, -0.25) is 15.3 Å². The summed E-state index contributed by atoms with van der Waals surface area (Å²) >= 11 is 0. The molecule has 0 aliphatic heterocycles. The highest BCUT2D eigenvalue weighted by Gasteiger charge is 2.05. The molecule has 0 unspecified atom stereocenters. The highest BCUT2D eigenvalue weighted by atomic mass is 16.6. The highest BCUT2D eigenvalue weighted by Crippen LogP contribution is 2.11. The van der Waals surface area contributed by atoms with Crippen molar-refractivity contribution < 1.29 is 10.0 Å². The van der Waals surface area contributed by atoms with Crippen molar-refractivity contribution in [2.75, 3.05) is 12.6 Å². The van der Waals surface area contributed by atoms with Crippen molar-refractivity contribution in [3.8, 4) is 0 Å². The number of nitrogens with zero attached hydrogens (tertiary/aromatic N) is 2. The molecule has 0 atom stereocenters. The molecular weight excluding hydrogens is 184 g/mol. The molecule has 1 aromatic rings. The van der Waals surface area contributed by atoms with Gasteiger partial charge in [0.2, 0.25) is 0 Å². The van der Waals surface area contributed by atoms with Crippen LogP contribution in [-0.2, 0) is 4.84 Å². The monoisotopic (exact) mass is 196 g/mol. The van der Waals surface area contributed by atoms with Crippen molar-refractivity contribution in [3.05, 3.63) is 23.5 Å². The fourth-order valence-electron chi connectivity index (χ4n) is 1.06. The lowest BCUT2D eigenvalue weighted by Gasteiger charge is -2.06. The molecular formula is C8H12N4O2. The Hall–Kier alpha value is -1.82. The molecule has 4 N–H and O–H groups in total. The van der Waals surface area contributed by atoms with Gasteiger partial charge in [-0.1, -0.05) is 5.16 Å². The molecule has 0 bridgehead atoms. The summed E-state index contributed by atoms with van der Waals surface area (Å²) in [7, 11) is 1.51. The molecule has 1 heterocycles. The van der Waals surface area contributed by atoms with Gasteiger partial charge < -0.3 is 10.9 Å². The zero-order chi connectivity index (χ0) is 10.6. The van der Waals surface area contributed by atoms with Crippen LogP contribution in [0.15, 0.2) is 17.4 Å². The van der Waals surface area contributed by atoms with E-state index < -0.39 is 0 Å². The largest absolute Gasteiger partial charge is 0.409 e. The summed E-state index contributed by atoms with van der Waals surface area (Å²) in [5.41, 5.74) is 9.99. The van der Waals surface area contributed by atoms with Crippen molar-refractivity contribution in [2.24, 2.45) is 10.9 Å². The van der Waals surface area contributed by atoms with E-state index in [1.807, 2.05) is 0 Å². The van der Waals surface area contributed by atoms with E-state index in [4.69, 9.17) is 15.8 Å². The molecule has 14 heavy (non-hydrogen) atoms. The van der Waals surface area contributed by atoms with Gasteiger partial charge in [0.1, 0.15) is 5.69 Å².